The molecule has 5 heteroatoms. The molecular weight excluding hydrogens is 304 g/mol. The number of hydrogen-bond donors (Lipinski definition) is 2. The Morgan fingerprint density at radius 2 is 1.67 bits per heavy atom. The lowest BCUT2D eigenvalue weighted by molar-refractivity contribution is 0.102. The zero-order chi connectivity index (χ0) is 17.1. The number of hydrogen-bond acceptors (Lipinski definition) is 4. The van der Waals surface area contributed by atoms with Crippen molar-refractivity contribution in [2.75, 3.05) is 25.3 Å². The summed E-state index contributed by atoms with van der Waals surface area (Å²) in [6, 6.07) is 16.6. The Morgan fingerprint density at radius 1 is 0.958 bits per heavy atom. The molecule has 3 aromatic carbocycles. The fraction of sp³-hybridized carbons (Fsp3) is 0.105. The van der Waals surface area contributed by atoms with Crippen molar-refractivity contribution in [2.24, 2.45) is 0 Å². The Kier molecular flexibility index (Phi) is 4.24. The van der Waals surface area contributed by atoms with Gasteiger partial charge in [0.15, 0.2) is 0 Å². The summed E-state index contributed by atoms with van der Waals surface area (Å²) < 4.78 is 10.5. The second-order valence-electron chi connectivity index (χ2n) is 5.31. The molecule has 0 saturated heterocycles. The SMILES string of the molecule is COc1ccc(NC(=O)c2cc3ccccc3cc2OC)c(N)c1. The van der Waals surface area contributed by atoms with Gasteiger partial charge in [-0.05, 0) is 35.0 Å². The summed E-state index contributed by atoms with van der Waals surface area (Å²) in [6.07, 6.45) is 0. The van der Waals surface area contributed by atoms with Crippen molar-refractivity contribution in [1.29, 1.82) is 0 Å². The highest BCUT2D eigenvalue weighted by molar-refractivity contribution is 6.09. The molecule has 0 unspecified atom stereocenters. The van der Waals surface area contributed by atoms with Gasteiger partial charge in [0, 0.05) is 6.07 Å². The third-order valence-electron chi connectivity index (χ3n) is 3.82. The molecule has 24 heavy (non-hydrogen) atoms. The Labute approximate surface area is 140 Å². The smallest absolute Gasteiger partial charge is 0.259 e. The highest BCUT2D eigenvalue weighted by Gasteiger charge is 2.15. The minimum Gasteiger partial charge on any atom is -0.497 e. The molecule has 0 aliphatic heterocycles. The minimum atomic E-state index is -0.283. The summed E-state index contributed by atoms with van der Waals surface area (Å²) in [6.45, 7) is 0. The van der Waals surface area contributed by atoms with E-state index >= 15 is 0 Å². The van der Waals surface area contributed by atoms with Crippen LogP contribution in [0.3, 0.4) is 0 Å². The van der Waals surface area contributed by atoms with Crippen LogP contribution in [-0.2, 0) is 0 Å². The van der Waals surface area contributed by atoms with E-state index in [0.717, 1.165) is 10.8 Å². The molecule has 3 rings (SSSR count). The van der Waals surface area contributed by atoms with Crippen LogP contribution in [0.4, 0.5) is 11.4 Å². The second-order valence-corrected chi connectivity index (χ2v) is 5.31. The molecule has 0 aliphatic rings. The van der Waals surface area contributed by atoms with Gasteiger partial charge in [0.1, 0.15) is 11.5 Å². The van der Waals surface area contributed by atoms with Gasteiger partial charge >= 0.3 is 0 Å². The number of anilines is 2. The first-order chi connectivity index (χ1) is 11.6. The maximum absolute atomic E-state index is 12.7. The molecule has 3 N–H and O–H groups in total. The zero-order valence-electron chi connectivity index (χ0n) is 13.5. The summed E-state index contributed by atoms with van der Waals surface area (Å²) in [5.74, 6) is 0.863. The van der Waals surface area contributed by atoms with E-state index in [1.54, 1.807) is 32.4 Å². The molecule has 0 bridgehead atoms. The molecule has 0 spiro atoms. The molecule has 0 radical (unpaired) electrons. The van der Waals surface area contributed by atoms with Crippen molar-refractivity contribution in [1.82, 2.24) is 0 Å². The van der Waals surface area contributed by atoms with Crippen molar-refractivity contribution < 1.29 is 14.3 Å². The first-order valence-corrected chi connectivity index (χ1v) is 7.44. The lowest BCUT2D eigenvalue weighted by Gasteiger charge is -2.13. The van der Waals surface area contributed by atoms with E-state index in [2.05, 4.69) is 5.32 Å². The van der Waals surface area contributed by atoms with Crippen LogP contribution in [0.2, 0.25) is 0 Å². The van der Waals surface area contributed by atoms with Crippen LogP contribution in [0, 0.1) is 0 Å². The monoisotopic (exact) mass is 322 g/mol. The topological polar surface area (TPSA) is 73.6 Å². The van der Waals surface area contributed by atoms with Gasteiger partial charge in [-0.15, -0.1) is 0 Å². The normalized spacial score (nSPS) is 10.4. The van der Waals surface area contributed by atoms with E-state index in [9.17, 15) is 4.79 Å². The van der Waals surface area contributed by atoms with Crippen LogP contribution in [0.25, 0.3) is 10.8 Å². The van der Waals surface area contributed by atoms with Gasteiger partial charge in [-0.3, -0.25) is 4.79 Å². The number of nitrogen functional groups attached to an aromatic ring is 1. The van der Waals surface area contributed by atoms with Crippen LogP contribution in [-0.4, -0.2) is 20.1 Å². The van der Waals surface area contributed by atoms with Crippen molar-refractivity contribution in [3.05, 3.63) is 60.2 Å². The Morgan fingerprint density at radius 3 is 2.29 bits per heavy atom. The van der Waals surface area contributed by atoms with E-state index < -0.39 is 0 Å². The average molecular weight is 322 g/mol. The van der Waals surface area contributed by atoms with Crippen molar-refractivity contribution in [3.8, 4) is 11.5 Å². The molecule has 5 nitrogen and oxygen atoms in total. The van der Waals surface area contributed by atoms with Crippen molar-refractivity contribution in [2.45, 2.75) is 0 Å². The van der Waals surface area contributed by atoms with E-state index in [-0.39, 0.29) is 5.91 Å². The molecule has 0 saturated carbocycles. The number of amides is 1. The number of fused-ring (bicyclic) bond motifs is 1. The minimum absolute atomic E-state index is 0.283. The number of nitrogens with one attached hydrogen (secondary N) is 1. The van der Waals surface area contributed by atoms with E-state index in [4.69, 9.17) is 15.2 Å². The van der Waals surface area contributed by atoms with Gasteiger partial charge in [0.05, 0.1) is 31.2 Å². The quantitative estimate of drug-likeness (QED) is 0.718. The van der Waals surface area contributed by atoms with Crippen molar-refractivity contribution in [3.63, 3.8) is 0 Å². The van der Waals surface area contributed by atoms with Gasteiger partial charge in [-0.2, -0.15) is 0 Å². The molecule has 0 heterocycles. The third-order valence-corrected chi connectivity index (χ3v) is 3.82. The van der Waals surface area contributed by atoms with E-state index in [1.807, 2.05) is 36.4 Å². The van der Waals surface area contributed by atoms with E-state index in [1.165, 1.54) is 0 Å². The predicted molar refractivity (Wildman–Crippen MR) is 95.9 cm³/mol. The number of rotatable bonds is 4. The number of carbonyl (C=O) groups excluding carboxylic acids is 1. The van der Waals surface area contributed by atoms with Crippen LogP contribution in [0.15, 0.2) is 54.6 Å². The first-order valence-electron chi connectivity index (χ1n) is 7.44. The highest BCUT2D eigenvalue weighted by atomic mass is 16.5. The lowest BCUT2D eigenvalue weighted by atomic mass is 10.1. The molecular formula is C19H18N2O3. The Balaban J connectivity index is 1.96. The van der Waals surface area contributed by atoms with Crippen molar-refractivity contribution >= 4 is 28.1 Å². The number of ether oxygens (including phenoxy) is 2. The molecule has 0 aromatic heterocycles. The van der Waals surface area contributed by atoms with Gasteiger partial charge in [-0.25, -0.2) is 0 Å². The van der Waals surface area contributed by atoms with Crippen LogP contribution < -0.4 is 20.5 Å². The summed E-state index contributed by atoms with van der Waals surface area (Å²) in [7, 11) is 3.11. The van der Waals surface area contributed by atoms with Gasteiger partial charge < -0.3 is 20.5 Å². The Hall–Kier alpha value is -3.21. The summed E-state index contributed by atoms with van der Waals surface area (Å²) in [5.41, 5.74) is 7.37. The summed E-state index contributed by atoms with van der Waals surface area (Å²) in [5, 5.41) is 4.79. The lowest BCUT2D eigenvalue weighted by Crippen LogP contribution is -2.14. The van der Waals surface area contributed by atoms with Gasteiger partial charge in [0.25, 0.3) is 5.91 Å². The summed E-state index contributed by atoms with van der Waals surface area (Å²) in [4.78, 5) is 12.7. The van der Waals surface area contributed by atoms with Crippen LogP contribution >= 0.6 is 0 Å². The maximum Gasteiger partial charge on any atom is 0.259 e. The fourth-order valence-corrected chi connectivity index (χ4v) is 2.54. The van der Waals surface area contributed by atoms with Gasteiger partial charge in [-0.1, -0.05) is 24.3 Å². The standard InChI is InChI=1S/C19H18N2O3/c1-23-14-7-8-17(16(20)11-14)21-19(22)15-9-12-5-3-4-6-13(12)10-18(15)24-2/h3-11H,20H2,1-2H3,(H,21,22). The molecule has 122 valence electrons. The number of benzene rings is 3. The molecule has 0 fully saturated rings. The zero-order valence-corrected chi connectivity index (χ0v) is 13.5. The summed E-state index contributed by atoms with van der Waals surface area (Å²) >= 11 is 0. The maximum atomic E-state index is 12.7. The van der Waals surface area contributed by atoms with Gasteiger partial charge in [0.2, 0.25) is 0 Å². The first kappa shape index (κ1) is 15.7. The number of nitrogens with two attached hydrogens (primary N) is 1. The fourth-order valence-electron chi connectivity index (χ4n) is 2.54. The molecule has 0 aliphatic carbocycles. The van der Waals surface area contributed by atoms with E-state index in [0.29, 0.717) is 28.4 Å². The molecule has 3 aromatic rings. The molecule has 0 atom stereocenters. The second kappa shape index (κ2) is 6.50. The number of carbonyl (C=O) groups is 1. The largest absolute Gasteiger partial charge is 0.497 e. The average Bonchev–Trinajstić information content (AvgIpc) is 2.62. The van der Waals surface area contributed by atoms with Crippen LogP contribution in [0.1, 0.15) is 10.4 Å². The van der Waals surface area contributed by atoms with Crippen LogP contribution in [0.5, 0.6) is 11.5 Å². The highest BCUT2D eigenvalue weighted by Crippen LogP contribution is 2.29. The molecule has 1 amide bonds. The number of methoxy groups -OCH3 is 2. The Bertz CT molecular complexity index is 906. The predicted octanol–water partition coefficient (Wildman–Crippen LogP) is 3.69. The third kappa shape index (κ3) is 2.96.